The first-order valence-electron chi connectivity index (χ1n) is 6.96. The van der Waals surface area contributed by atoms with Crippen LogP contribution in [0.25, 0.3) is 0 Å². The van der Waals surface area contributed by atoms with Crippen LogP contribution in [0.5, 0.6) is 0 Å². The van der Waals surface area contributed by atoms with Gasteiger partial charge in [-0.1, -0.05) is 55.1 Å². The fraction of sp³-hybridized carbons (Fsp3) is 0.111. The summed E-state index contributed by atoms with van der Waals surface area (Å²) in [6, 6.07) is 18.5. The Hall–Kier alpha value is -2.52. The number of nitrogens with one attached hydrogen (secondary N) is 3. The third-order valence-corrected chi connectivity index (χ3v) is 3.01. The number of anilines is 1. The largest absolute Gasteiger partial charge is 0.365 e. The average molecular weight is 279 g/mol. The maximum absolute atomic E-state index is 3.64. The minimum Gasteiger partial charge on any atom is -0.365 e. The molecule has 3 N–H and O–H groups in total. The summed E-state index contributed by atoms with van der Waals surface area (Å²) in [4.78, 5) is 0. The van der Waals surface area contributed by atoms with Gasteiger partial charge in [-0.25, -0.2) is 5.43 Å². The van der Waals surface area contributed by atoms with Crippen molar-refractivity contribution in [1.82, 2.24) is 10.9 Å². The van der Waals surface area contributed by atoms with Gasteiger partial charge in [0.1, 0.15) is 6.17 Å². The molecule has 0 aliphatic carbocycles. The quantitative estimate of drug-likeness (QED) is 0.409. The highest BCUT2D eigenvalue weighted by Crippen LogP contribution is 2.17. The van der Waals surface area contributed by atoms with Gasteiger partial charge in [-0.15, -0.1) is 0 Å². The van der Waals surface area contributed by atoms with E-state index in [1.807, 2.05) is 30.3 Å². The molecule has 0 saturated carbocycles. The van der Waals surface area contributed by atoms with Crippen molar-refractivity contribution in [2.24, 2.45) is 0 Å². The minimum atomic E-state index is -0.0394. The minimum absolute atomic E-state index is 0.0394. The van der Waals surface area contributed by atoms with E-state index in [-0.39, 0.29) is 6.17 Å². The predicted molar refractivity (Wildman–Crippen MR) is 89.6 cm³/mol. The lowest BCUT2D eigenvalue weighted by molar-refractivity contribution is 0.536. The van der Waals surface area contributed by atoms with Crippen molar-refractivity contribution in [2.75, 3.05) is 5.32 Å². The van der Waals surface area contributed by atoms with Crippen LogP contribution in [0.4, 0.5) is 5.69 Å². The molecule has 1 atom stereocenters. The summed E-state index contributed by atoms with van der Waals surface area (Å²) in [6.45, 7) is 5.73. The van der Waals surface area contributed by atoms with Gasteiger partial charge in [0.2, 0.25) is 0 Å². The second-order valence-corrected chi connectivity index (χ2v) is 4.74. The van der Waals surface area contributed by atoms with Gasteiger partial charge in [0.15, 0.2) is 0 Å². The summed E-state index contributed by atoms with van der Waals surface area (Å²) < 4.78 is 0. The molecule has 0 saturated heterocycles. The number of benzene rings is 2. The third-order valence-electron chi connectivity index (χ3n) is 3.01. The Kier molecular flexibility index (Phi) is 5.61. The van der Waals surface area contributed by atoms with Gasteiger partial charge in [-0.3, -0.25) is 0 Å². The number of allylic oxidation sites excluding steroid dienone is 2. The van der Waals surface area contributed by atoms with Crippen LogP contribution in [-0.2, 0) is 0 Å². The zero-order valence-corrected chi connectivity index (χ0v) is 12.2. The average Bonchev–Trinajstić information content (AvgIpc) is 2.51. The van der Waals surface area contributed by atoms with E-state index in [0.717, 1.165) is 11.3 Å². The summed E-state index contributed by atoms with van der Waals surface area (Å²) in [5.74, 6) is 0. The van der Waals surface area contributed by atoms with Crippen molar-refractivity contribution < 1.29 is 0 Å². The first-order valence-corrected chi connectivity index (χ1v) is 6.96. The molecule has 0 spiro atoms. The first-order chi connectivity index (χ1) is 10.3. The van der Waals surface area contributed by atoms with Gasteiger partial charge in [0, 0.05) is 11.9 Å². The molecule has 0 heterocycles. The highest BCUT2D eigenvalue weighted by Gasteiger charge is 2.09. The molecule has 2 aromatic rings. The van der Waals surface area contributed by atoms with Gasteiger partial charge in [0.05, 0.1) is 0 Å². The van der Waals surface area contributed by atoms with Crippen molar-refractivity contribution >= 4 is 5.69 Å². The number of aryl methyl sites for hydroxylation is 1. The molecular weight excluding hydrogens is 258 g/mol. The number of hydrogen-bond acceptors (Lipinski definition) is 3. The van der Waals surface area contributed by atoms with Crippen LogP contribution in [0.2, 0.25) is 0 Å². The van der Waals surface area contributed by atoms with E-state index in [2.05, 4.69) is 60.0 Å². The summed E-state index contributed by atoms with van der Waals surface area (Å²) >= 11 is 0. The highest BCUT2D eigenvalue weighted by atomic mass is 15.4. The Morgan fingerprint density at radius 2 is 1.86 bits per heavy atom. The van der Waals surface area contributed by atoms with Crippen molar-refractivity contribution in [3.05, 3.63) is 90.7 Å². The molecule has 21 heavy (non-hydrogen) atoms. The molecule has 0 aliphatic heterocycles. The van der Waals surface area contributed by atoms with Crippen LogP contribution >= 0.6 is 0 Å². The molecule has 0 radical (unpaired) electrons. The van der Waals surface area contributed by atoms with Crippen LogP contribution < -0.4 is 16.2 Å². The molecule has 108 valence electrons. The van der Waals surface area contributed by atoms with Gasteiger partial charge in [-0.2, -0.15) is 0 Å². The second-order valence-electron chi connectivity index (χ2n) is 4.74. The van der Waals surface area contributed by atoms with Gasteiger partial charge in [-0.05, 0) is 36.3 Å². The maximum atomic E-state index is 3.64. The molecule has 1 unspecified atom stereocenters. The lowest BCUT2D eigenvalue weighted by Crippen LogP contribution is -2.36. The van der Waals surface area contributed by atoms with Crippen molar-refractivity contribution in [1.29, 1.82) is 0 Å². The summed E-state index contributed by atoms with van der Waals surface area (Å²) in [5.41, 5.74) is 9.75. The highest BCUT2D eigenvalue weighted by molar-refractivity contribution is 5.47. The van der Waals surface area contributed by atoms with Crippen LogP contribution in [0, 0.1) is 6.92 Å². The van der Waals surface area contributed by atoms with E-state index >= 15 is 0 Å². The van der Waals surface area contributed by atoms with E-state index in [0.29, 0.717) is 0 Å². The molecule has 0 bridgehead atoms. The summed E-state index contributed by atoms with van der Waals surface area (Å²) in [7, 11) is 0. The molecule has 2 rings (SSSR count). The van der Waals surface area contributed by atoms with E-state index in [1.54, 1.807) is 12.3 Å². The Morgan fingerprint density at radius 3 is 2.57 bits per heavy atom. The Balaban J connectivity index is 2.11. The molecule has 0 aliphatic rings. The van der Waals surface area contributed by atoms with Crippen molar-refractivity contribution in [3.8, 4) is 0 Å². The Morgan fingerprint density at radius 1 is 1.05 bits per heavy atom. The normalized spacial score (nSPS) is 12.0. The van der Waals surface area contributed by atoms with E-state index in [4.69, 9.17) is 0 Å². The van der Waals surface area contributed by atoms with Gasteiger partial charge < -0.3 is 10.7 Å². The second kappa shape index (κ2) is 7.92. The fourth-order valence-corrected chi connectivity index (χ4v) is 2.00. The molecule has 0 fully saturated rings. The van der Waals surface area contributed by atoms with Gasteiger partial charge in [0.25, 0.3) is 0 Å². The first kappa shape index (κ1) is 14.9. The summed E-state index contributed by atoms with van der Waals surface area (Å²) in [5, 5.41) is 3.48. The van der Waals surface area contributed by atoms with Gasteiger partial charge >= 0.3 is 0 Å². The smallest absolute Gasteiger partial charge is 0.120 e. The fourth-order valence-electron chi connectivity index (χ4n) is 2.00. The monoisotopic (exact) mass is 279 g/mol. The molecule has 0 amide bonds. The third kappa shape index (κ3) is 4.82. The number of hydrogen-bond donors (Lipinski definition) is 3. The Bertz CT molecular complexity index is 590. The molecular formula is C18H21N3. The zero-order valence-electron chi connectivity index (χ0n) is 12.2. The van der Waals surface area contributed by atoms with Crippen molar-refractivity contribution in [3.63, 3.8) is 0 Å². The number of rotatable bonds is 7. The topological polar surface area (TPSA) is 36.1 Å². The van der Waals surface area contributed by atoms with Crippen LogP contribution in [0.1, 0.15) is 17.3 Å². The standard InChI is InChI=1S/C18H21N3/c1-3-4-13-19-21-18(16-10-6-5-7-11-16)20-17-12-8-9-15(2)14-17/h3-14,18-21H,1H2,2H3/b13-4-. The van der Waals surface area contributed by atoms with E-state index < -0.39 is 0 Å². The summed E-state index contributed by atoms with van der Waals surface area (Å²) in [6.07, 6.45) is 5.32. The van der Waals surface area contributed by atoms with Crippen LogP contribution in [-0.4, -0.2) is 0 Å². The lowest BCUT2D eigenvalue weighted by Gasteiger charge is -2.22. The molecule has 2 aromatic carbocycles. The van der Waals surface area contributed by atoms with E-state index in [9.17, 15) is 0 Å². The van der Waals surface area contributed by atoms with E-state index in [1.165, 1.54) is 5.56 Å². The van der Waals surface area contributed by atoms with Crippen LogP contribution in [0.3, 0.4) is 0 Å². The maximum Gasteiger partial charge on any atom is 0.120 e. The molecule has 3 heteroatoms. The van der Waals surface area contributed by atoms with Crippen molar-refractivity contribution in [2.45, 2.75) is 13.1 Å². The molecule has 0 aromatic heterocycles. The zero-order chi connectivity index (χ0) is 14.9. The lowest BCUT2D eigenvalue weighted by atomic mass is 10.1. The Labute approximate surface area is 126 Å². The molecule has 3 nitrogen and oxygen atoms in total. The predicted octanol–water partition coefficient (Wildman–Crippen LogP) is 3.90. The van der Waals surface area contributed by atoms with Crippen LogP contribution in [0.15, 0.2) is 79.5 Å². The number of hydrazine groups is 1. The SMILES string of the molecule is C=C/C=C\NNC(Nc1cccc(C)c1)c1ccccc1.